The molecule has 0 aliphatic carbocycles. The van der Waals surface area contributed by atoms with E-state index in [0.717, 1.165) is 11.4 Å². The SMILES string of the molecule is Cc1cccc(NCc2cnc(Cl)s2)c1C. The Balaban J connectivity index is 2.07. The molecule has 84 valence electrons. The van der Waals surface area contributed by atoms with E-state index in [0.29, 0.717) is 4.47 Å². The molecule has 1 aromatic heterocycles. The van der Waals surface area contributed by atoms with Gasteiger partial charge in [-0.15, -0.1) is 11.3 Å². The molecule has 1 heterocycles. The summed E-state index contributed by atoms with van der Waals surface area (Å²) in [6.07, 6.45) is 1.81. The summed E-state index contributed by atoms with van der Waals surface area (Å²) in [7, 11) is 0. The summed E-state index contributed by atoms with van der Waals surface area (Å²) in [6, 6.07) is 6.26. The summed E-state index contributed by atoms with van der Waals surface area (Å²) >= 11 is 7.29. The van der Waals surface area contributed by atoms with Gasteiger partial charge in [0.05, 0.1) is 6.54 Å². The minimum Gasteiger partial charge on any atom is -0.380 e. The van der Waals surface area contributed by atoms with E-state index in [1.54, 1.807) is 0 Å². The van der Waals surface area contributed by atoms with E-state index in [4.69, 9.17) is 11.6 Å². The van der Waals surface area contributed by atoms with Gasteiger partial charge < -0.3 is 5.32 Å². The van der Waals surface area contributed by atoms with Crippen LogP contribution in [0, 0.1) is 13.8 Å². The van der Waals surface area contributed by atoms with E-state index in [1.165, 1.54) is 28.2 Å². The van der Waals surface area contributed by atoms with Gasteiger partial charge in [0.15, 0.2) is 4.47 Å². The third-order valence-electron chi connectivity index (χ3n) is 2.58. The van der Waals surface area contributed by atoms with Crippen molar-refractivity contribution in [3.63, 3.8) is 0 Å². The molecule has 1 N–H and O–H groups in total. The van der Waals surface area contributed by atoms with Crippen LogP contribution in [0.15, 0.2) is 24.4 Å². The number of nitrogens with zero attached hydrogens (tertiary/aromatic N) is 1. The molecule has 4 heteroatoms. The molecule has 0 radical (unpaired) electrons. The van der Waals surface area contributed by atoms with Crippen molar-refractivity contribution in [2.24, 2.45) is 0 Å². The first-order valence-electron chi connectivity index (χ1n) is 5.07. The second kappa shape index (κ2) is 4.85. The molecule has 0 aliphatic rings. The van der Waals surface area contributed by atoms with Crippen molar-refractivity contribution in [1.82, 2.24) is 4.98 Å². The summed E-state index contributed by atoms with van der Waals surface area (Å²) in [4.78, 5) is 5.16. The van der Waals surface area contributed by atoms with Gasteiger partial charge in [0, 0.05) is 16.8 Å². The van der Waals surface area contributed by atoms with Gasteiger partial charge in [-0.2, -0.15) is 0 Å². The Bertz CT molecular complexity index is 494. The van der Waals surface area contributed by atoms with Crippen molar-refractivity contribution in [2.45, 2.75) is 20.4 Å². The molecule has 2 nitrogen and oxygen atoms in total. The van der Waals surface area contributed by atoms with Gasteiger partial charge in [-0.1, -0.05) is 23.7 Å². The van der Waals surface area contributed by atoms with Gasteiger partial charge in [-0.25, -0.2) is 4.98 Å². The summed E-state index contributed by atoms with van der Waals surface area (Å²) in [5.74, 6) is 0. The zero-order valence-corrected chi connectivity index (χ0v) is 10.8. The lowest BCUT2D eigenvalue weighted by molar-refractivity contribution is 1.16. The van der Waals surface area contributed by atoms with Crippen LogP contribution < -0.4 is 5.32 Å². The quantitative estimate of drug-likeness (QED) is 0.892. The van der Waals surface area contributed by atoms with Gasteiger partial charge in [0.1, 0.15) is 0 Å². The van der Waals surface area contributed by atoms with E-state index >= 15 is 0 Å². The van der Waals surface area contributed by atoms with Gasteiger partial charge in [-0.05, 0) is 31.0 Å². The first-order chi connectivity index (χ1) is 7.66. The van der Waals surface area contributed by atoms with Crippen LogP contribution in [0.1, 0.15) is 16.0 Å². The molecule has 2 rings (SSSR count). The number of aromatic nitrogens is 1. The third kappa shape index (κ3) is 2.54. The highest BCUT2D eigenvalue weighted by Gasteiger charge is 2.02. The van der Waals surface area contributed by atoms with Crippen LogP contribution >= 0.6 is 22.9 Å². The highest BCUT2D eigenvalue weighted by Crippen LogP contribution is 2.21. The van der Waals surface area contributed by atoms with Crippen molar-refractivity contribution in [1.29, 1.82) is 0 Å². The molecule has 0 fully saturated rings. The maximum absolute atomic E-state index is 5.78. The summed E-state index contributed by atoms with van der Waals surface area (Å²) in [5, 5.41) is 3.40. The zero-order valence-electron chi connectivity index (χ0n) is 9.25. The Kier molecular flexibility index (Phi) is 3.46. The average molecular weight is 253 g/mol. The standard InChI is InChI=1S/C12H13ClN2S/c1-8-4-3-5-11(9(8)2)14-6-10-7-15-12(13)16-10/h3-5,7,14H,6H2,1-2H3. The summed E-state index contributed by atoms with van der Waals surface area (Å²) < 4.78 is 0.595. The molecule has 0 saturated heterocycles. The number of hydrogen-bond acceptors (Lipinski definition) is 3. The van der Waals surface area contributed by atoms with Crippen LogP contribution in [0.25, 0.3) is 0 Å². The van der Waals surface area contributed by atoms with E-state index < -0.39 is 0 Å². The number of halogens is 1. The van der Waals surface area contributed by atoms with Crippen LogP contribution in [-0.2, 0) is 6.54 Å². The van der Waals surface area contributed by atoms with Crippen LogP contribution in [0.5, 0.6) is 0 Å². The zero-order chi connectivity index (χ0) is 11.5. The maximum Gasteiger partial charge on any atom is 0.183 e. The molecular weight excluding hydrogens is 240 g/mol. The van der Waals surface area contributed by atoms with Crippen molar-refractivity contribution < 1.29 is 0 Å². The van der Waals surface area contributed by atoms with Crippen molar-refractivity contribution in [3.05, 3.63) is 44.9 Å². The molecular formula is C12H13ClN2S. The van der Waals surface area contributed by atoms with Crippen molar-refractivity contribution >= 4 is 28.6 Å². The average Bonchev–Trinajstić information content (AvgIpc) is 2.67. The Morgan fingerprint density at radius 2 is 2.19 bits per heavy atom. The molecule has 1 aromatic carbocycles. The fourth-order valence-electron chi connectivity index (χ4n) is 1.49. The number of aryl methyl sites for hydroxylation is 1. The number of thiazole rings is 1. The minimum absolute atomic E-state index is 0.595. The van der Waals surface area contributed by atoms with Gasteiger partial charge in [-0.3, -0.25) is 0 Å². The molecule has 2 aromatic rings. The van der Waals surface area contributed by atoms with Gasteiger partial charge in [0.2, 0.25) is 0 Å². The molecule has 0 saturated carbocycles. The summed E-state index contributed by atoms with van der Waals surface area (Å²) in [6.45, 7) is 5.01. The lowest BCUT2D eigenvalue weighted by Crippen LogP contribution is -2.00. The first-order valence-corrected chi connectivity index (χ1v) is 6.26. The Hall–Kier alpha value is -1.06. The number of benzene rings is 1. The number of nitrogens with one attached hydrogen (secondary N) is 1. The van der Waals surface area contributed by atoms with E-state index in [-0.39, 0.29) is 0 Å². The molecule has 0 bridgehead atoms. The second-order valence-electron chi connectivity index (χ2n) is 3.68. The lowest BCUT2D eigenvalue weighted by atomic mass is 10.1. The van der Waals surface area contributed by atoms with Gasteiger partial charge >= 0.3 is 0 Å². The topological polar surface area (TPSA) is 24.9 Å². The van der Waals surface area contributed by atoms with Crippen LogP contribution in [0.3, 0.4) is 0 Å². The second-order valence-corrected chi connectivity index (χ2v) is 5.38. The third-order valence-corrected chi connectivity index (χ3v) is 3.70. The van der Waals surface area contributed by atoms with Crippen molar-refractivity contribution in [3.8, 4) is 0 Å². The molecule has 0 atom stereocenters. The Morgan fingerprint density at radius 3 is 2.88 bits per heavy atom. The molecule has 0 amide bonds. The largest absolute Gasteiger partial charge is 0.380 e. The number of hydrogen-bond donors (Lipinski definition) is 1. The van der Waals surface area contributed by atoms with Crippen molar-refractivity contribution in [2.75, 3.05) is 5.32 Å². The lowest BCUT2D eigenvalue weighted by Gasteiger charge is -2.10. The van der Waals surface area contributed by atoms with Gasteiger partial charge in [0.25, 0.3) is 0 Å². The normalized spacial score (nSPS) is 10.4. The van der Waals surface area contributed by atoms with Crippen LogP contribution in [0.2, 0.25) is 4.47 Å². The highest BCUT2D eigenvalue weighted by molar-refractivity contribution is 7.15. The van der Waals surface area contributed by atoms with Crippen LogP contribution in [-0.4, -0.2) is 4.98 Å². The molecule has 0 unspecified atom stereocenters. The molecule has 0 aliphatic heterocycles. The fourth-order valence-corrected chi connectivity index (χ4v) is 2.41. The highest BCUT2D eigenvalue weighted by atomic mass is 35.5. The van der Waals surface area contributed by atoms with E-state index in [2.05, 4.69) is 42.3 Å². The smallest absolute Gasteiger partial charge is 0.183 e. The Morgan fingerprint density at radius 1 is 1.38 bits per heavy atom. The monoisotopic (exact) mass is 252 g/mol. The number of anilines is 1. The van der Waals surface area contributed by atoms with E-state index in [1.807, 2.05) is 6.20 Å². The predicted octanol–water partition coefficient (Wildman–Crippen LogP) is 4.03. The van der Waals surface area contributed by atoms with E-state index in [9.17, 15) is 0 Å². The minimum atomic E-state index is 0.595. The predicted molar refractivity (Wildman–Crippen MR) is 70.4 cm³/mol. The maximum atomic E-state index is 5.78. The first kappa shape index (κ1) is 11.4. The van der Waals surface area contributed by atoms with Crippen LogP contribution in [0.4, 0.5) is 5.69 Å². The number of rotatable bonds is 3. The molecule has 16 heavy (non-hydrogen) atoms. The Labute approximate surface area is 104 Å². The molecule has 0 spiro atoms. The summed E-state index contributed by atoms with van der Waals surface area (Å²) in [5.41, 5.74) is 3.76. The fraction of sp³-hybridized carbons (Fsp3) is 0.250.